The Morgan fingerprint density at radius 3 is 2.07 bits per heavy atom. The normalized spacial score (nSPS) is 14.4. The maximum absolute atomic E-state index is 12.2. The lowest BCUT2D eigenvalue weighted by molar-refractivity contribution is -0.152. The summed E-state index contributed by atoms with van der Waals surface area (Å²) in [6.45, 7) is 2.63. The third-order valence-corrected chi connectivity index (χ3v) is 4.70. The Balaban J connectivity index is 1.69. The molecule has 0 spiro atoms. The molecule has 2 atom stereocenters. The summed E-state index contributed by atoms with van der Waals surface area (Å²) in [5.41, 5.74) is 4.30. The summed E-state index contributed by atoms with van der Waals surface area (Å²) < 4.78 is 10.2. The quantitative estimate of drug-likeness (QED) is 0.744. The van der Waals surface area contributed by atoms with Crippen molar-refractivity contribution in [1.82, 2.24) is 5.32 Å². The van der Waals surface area contributed by atoms with Gasteiger partial charge in [-0.1, -0.05) is 48.5 Å². The number of fused-ring (bicyclic) bond motifs is 3. The van der Waals surface area contributed by atoms with Crippen LogP contribution in [0.2, 0.25) is 0 Å². The fraction of sp³-hybridized carbons (Fsp3) is 0.286. The number of esters is 1. The Kier molecular flexibility index (Phi) is 5.63. The Bertz CT molecular complexity index is 864. The van der Waals surface area contributed by atoms with Gasteiger partial charge in [-0.3, -0.25) is 4.79 Å². The Morgan fingerprint density at radius 2 is 1.57 bits per heavy atom. The van der Waals surface area contributed by atoms with E-state index in [-0.39, 0.29) is 12.5 Å². The number of benzene rings is 2. The second kappa shape index (κ2) is 8.12. The molecule has 7 heteroatoms. The number of carbonyl (C=O) groups excluding carboxylic acids is 2. The van der Waals surface area contributed by atoms with E-state index >= 15 is 0 Å². The number of amides is 1. The molecule has 0 fully saturated rings. The predicted octanol–water partition coefficient (Wildman–Crippen LogP) is 2.93. The number of alkyl carbamates (subject to hydrolysis) is 1. The van der Waals surface area contributed by atoms with Crippen molar-refractivity contribution in [3.8, 4) is 11.1 Å². The molecule has 0 saturated heterocycles. The highest BCUT2D eigenvalue weighted by Crippen LogP contribution is 2.44. The number of rotatable bonds is 6. The average molecular weight is 383 g/mol. The molecule has 0 aliphatic heterocycles. The first-order valence-corrected chi connectivity index (χ1v) is 8.90. The van der Waals surface area contributed by atoms with Crippen molar-refractivity contribution in [1.29, 1.82) is 0 Å². The number of carbonyl (C=O) groups is 3. The van der Waals surface area contributed by atoms with Crippen LogP contribution in [0, 0.1) is 0 Å². The van der Waals surface area contributed by atoms with Gasteiger partial charge in [-0.2, -0.15) is 0 Å². The highest BCUT2D eigenvalue weighted by molar-refractivity contribution is 5.82. The van der Waals surface area contributed by atoms with E-state index in [0.29, 0.717) is 0 Å². The van der Waals surface area contributed by atoms with Crippen molar-refractivity contribution in [2.24, 2.45) is 0 Å². The lowest BCUT2D eigenvalue weighted by atomic mass is 9.98. The number of nitrogens with one attached hydrogen (secondary N) is 1. The van der Waals surface area contributed by atoms with Gasteiger partial charge in [-0.05, 0) is 29.2 Å². The van der Waals surface area contributed by atoms with Crippen LogP contribution in [0.5, 0.6) is 0 Å². The van der Waals surface area contributed by atoms with Gasteiger partial charge in [-0.15, -0.1) is 0 Å². The molecule has 2 aromatic carbocycles. The molecule has 0 radical (unpaired) electrons. The van der Waals surface area contributed by atoms with Crippen LogP contribution in [0.25, 0.3) is 11.1 Å². The zero-order valence-corrected chi connectivity index (χ0v) is 15.5. The minimum Gasteiger partial charge on any atom is -0.480 e. The summed E-state index contributed by atoms with van der Waals surface area (Å²) in [7, 11) is 0. The fourth-order valence-corrected chi connectivity index (χ4v) is 3.48. The molecule has 0 heterocycles. The number of carboxylic acids is 1. The third-order valence-electron chi connectivity index (χ3n) is 4.70. The molecular formula is C21H21NO6. The van der Waals surface area contributed by atoms with E-state index < -0.39 is 30.2 Å². The maximum atomic E-state index is 12.2. The number of hydrogen-bond acceptors (Lipinski definition) is 5. The molecule has 2 N–H and O–H groups in total. The van der Waals surface area contributed by atoms with Crippen molar-refractivity contribution >= 4 is 18.0 Å². The first-order valence-electron chi connectivity index (χ1n) is 8.90. The van der Waals surface area contributed by atoms with E-state index in [0.717, 1.165) is 22.3 Å². The van der Waals surface area contributed by atoms with Gasteiger partial charge < -0.3 is 19.9 Å². The Labute approximate surface area is 162 Å². The van der Waals surface area contributed by atoms with Crippen molar-refractivity contribution in [3.05, 3.63) is 59.7 Å². The highest BCUT2D eigenvalue weighted by atomic mass is 16.6. The van der Waals surface area contributed by atoms with E-state index in [1.165, 1.54) is 13.8 Å². The summed E-state index contributed by atoms with van der Waals surface area (Å²) in [5.74, 6) is -2.08. The Hall–Kier alpha value is -3.35. The third kappa shape index (κ3) is 3.98. The summed E-state index contributed by atoms with van der Waals surface area (Å²) in [6, 6.07) is 14.4. The maximum Gasteiger partial charge on any atom is 0.407 e. The molecular weight excluding hydrogens is 362 g/mol. The smallest absolute Gasteiger partial charge is 0.407 e. The molecule has 146 valence electrons. The van der Waals surface area contributed by atoms with Crippen LogP contribution in [0.4, 0.5) is 4.79 Å². The first kappa shape index (κ1) is 19.4. The van der Waals surface area contributed by atoms with Crippen molar-refractivity contribution in [3.63, 3.8) is 0 Å². The minimum atomic E-state index is -1.40. The summed E-state index contributed by atoms with van der Waals surface area (Å²) >= 11 is 0. The van der Waals surface area contributed by atoms with Gasteiger partial charge in [0, 0.05) is 12.8 Å². The minimum absolute atomic E-state index is 0.0636. The second-order valence-electron chi connectivity index (χ2n) is 6.60. The monoisotopic (exact) mass is 383 g/mol. The molecule has 1 aliphatic rings. The van der Waals surface area contributed by atoms with Gasteiger partial charge >= 0.3 is 18.0 Å². The standard InChI is InChI=1S/C21H21NO6/c1-12(28-13(2)23)19(20(24)25)22-21(26)27-11-18-16-9-5-3-7-14(16)15-8-4-6-10-17(15)18/h3-10,12,18-19H,11H2,1-2H3,(H,22,26)(H,24,25)/t12-,19+/m0/s1. The topological polar surface area (TPSA) is 102 Å². The molecule has 0 saturated carbocycles. The summed E-state index contributed by atoms with van der Waals surface area (Å²) in [4.78, 5) is 34.6. The molecule has 3 rings (SSSR count). The zero-order valence-electron chi connectivity index (χ0n) is 15.5. The zero-order chi connectivity index (χ0) is 20.3. The number of hydrogen-bond donors (Lipinski definition) is 2. The molecule has 2 aromatic rings. The van der Waals surface area contributed by atoms with Crippen molar-refractivity contribution in [2.45, 2.75) is 31.9 Å². The van der Waals surface area contributed by atoms with Gasteiger partial charge in [0.1, 0.15) is 12.7 Å². The van der Waals surface area contributed by atoms with Gasteiger partial charge in [-0.25, -0.2) is 9.59 Å². The largest absolute Gasteiger partial charge is 0.480 e. The van der Waals surface area contributed by atoms with Crippen LogP contribution in [-0.2, 0) is 19.1 Å². The number of carboxylic acid groups (broad SMARTS) is 1. The Morgan fingerprint density at radius 1 is 1.04 bits per heavy atom. The van der Waals surface area contributed by atoms with Crippen LogP contribution in [0.3, 0.4) is 0 Å². The first-order chi connectivity index (χ1) is 13.4. The number of aliphatic carboxylic acids is 1. The van der Waals surface area contributed by atoms with Crippen molar-refractivity contribution < 1.29 is 29.0 Å². The van der Waals surface area contributed by atoms with E-state index in [4.69, 9.17) is 9.47 Å². The molecule has 7 nitrogen and oxygen atoms in total. The lowest BCUT2D eigenvalue weighted by Gasteiger charge is -2.21. The molecule has 28 heavy (non-hydrogen) atoms. The van der Waals surface area contributed by atoms with Gasteiger partial charge in [0.05, 0.1) is 0 Å². The van der Waals surface area contributed by atoms with E-state index in [1.807, 2.05) is 48.5 Å². The number of ether oxygens (including phenoxy) is 2. The van der Waals surface area contributed by atoms with Crippen LogP contribution in [0.15, 0.2) is 48.5 Å². The van der Waals surface area contributed by atoms with E-state index in [1.54, 1.807) is 0 Å². The molecule has 0 unspecified atom stereocenters. The van der Waals surface area contributed by atoms with E-state index in [2.05, 4.69) is 5.32 Å². The van der Waals surface area contributed by atoms with E-state index in [9.17, 15) is 19.5 Å². The summed E-state index contributed by atoms with van der Waals surface area (Å²) in [5, 5.41) is 11.5. The lowest BCUT2D eigenvalue weighted by Crippen LogP contribution is -2.49. The van der Waals surface area contributed by atoms with Crippen LogP contribution in [-0.4, -0.2) is 41.9 Å². The average Bonchev–Trinajstić information content (AvgIpc) is 2.97. The predicted molar refractivity (Wildman–Crippen MR) is 101 cm³/mol. The van der Waals surface area contributed by atoms with Crippen LogP contribution < -0.4 is 5.32 Å². The molecule has 1 amide bonds. The van der Waals surface area contributed by atoms with Gasteiger partial charge in [0.2, 0.25) is 0 Å². The van der Waals surface area contributed by atoms with Crippen LogP contribution >= 0.6 is 0 Å². The highest BCUT2D eigenvalue weighted by Gasteiger charge is 2.32. The fourth-order valence-electron chi connectivity index (χ4n) is 3.48. The van der Waals surface area contributed by atoms with Gasteiger partial charge in [0.15, 0.2) is 6.04 Å². The molecule has 0 bridgehead atoms. The van der Waals surface area contributed by atoms with Crippen molar-refractivity contribution in [2.75, 3.05) is 6.61 Å². The summed E-state index contributed by atoms with van der Waals surface area (Å²) in [6.07, 6.45) is -1.91. The molecule has 0 aromatic heterocycles. The second-order valence-corrected chi connectivity index (χ2v) is 6.60. The van der Waals surface area contributed by atoms with Gasteiger partial charge in [0.25, 0.3) is 0 Å². The molecule has 1 aliphatic carbocycles. The SMILES string of the molecule is CC(=O)O[C@@H](C)[C@@H](NC(=O)OCC1c2ccccc2-c2ccccc21)C(=O)O. The van der Waals surface area contributed by atoms with Crippen LogP contribution in [0.1, 0.15) is 30.9 Å².